The van der Waals surface area contributed by atoms with Crippen LogP contribution in [0.4, 0.5) is 0 Å². The lowest BCUT2D eigenvalue weighted by Crippen LogP contribution is -1.96. The first-order chi connectivity index (χ1) is 4.85. The summed E-state index contributed by atoms with van der Waals surface area (Å²) in [5.41, 5.74) is 0.948. The molecule has 10 heavy (non-hydrogen) atoms. The first kappa shape index (κ1) is 9.47. The van der Waals surface area contributed by atoms with Crippen molar-refractivity contribution in [1.29, 1.82) is 0 Å². The summed E-state index contributed by atoms with van der Waals surface area (Å²) in [5, 5.41) is 11.7. The van der Waals surface area contributed by atoms with Gasteiger partial charge >= 0.3 is 0 Å². The predicted molar refractivity (Wildman–Crippen MR) is 43.7 cm³/mol. The Labute approximate surface area is 62.9 Å². The largest absolute Gasteiger partial charge is 0.411 e. The van der Waals surface area contributed by atoms with Gasteiger partial charge in [-0.1, -0.05) is 31.8 Å². The molecule has 0 bridgehead atoms. The second-order valence-electron chi connectivity index (χ2n) is 2.52. The SMILES string of the molecule is CCCCC(CCC)=NO. The number of hydrogen-bond acceptors (Lipinski definition) is 2. The number of hydrogen-bond donors (Lipinski definition) is 1. The maximum atomic E-state index is 8.47. The Morgan fingerprint density at radius 2 is 1.90 bits per heavy atom. The van der Waals surface area contributed by atoms with Gasteiger partial charge in [0.2, 0.25) is 0 Å². The quantitative estimate of drug-likeness (QED) is 0.358. The summed E-state index contributed by atoms with van der Waals surface area (Å²) in [6.45, 7) is 4.23. The van der Waals surface area contributed by atoms with Crippen molar-refractivity contribution in [3.05, 3.63) is 0 Å². The first-order valence-corrected chi connectivity index (χ1v) is 4.04. The van der Waals surface area contributed by atoms with Crippen LogP contribution in [0.15, 0.2) is 5.16 Å². The van der Waals surface area contributed by atoms with E-state index in [4.69, 9.17) is 5.21 Å². The smallest absolute Gasteiger partial charge is 0.0570 e. The van der Waals surface area contributed by atoms with Crippen LogP contribution in [0.5, 0.6) is 0 Å². The average molecular weight is 143 g/mol. The third-order valence-corrected chi connectivity index (χ3v) is 1.50. The Morgan fingerprint density at radius 3 is 2.30 bits per heavy atom. The standard InChI is InChI=1S/C8H17NO/c1-3-5-7-8(9-10)6-4-2/h10H,3-7H2,1-2H3. The molecule has 0 aromatic heterocycles. The summed E-state index contributed by atoms with van der Waals surface area (Å²) in [6.07, 6.45) is 5.28. The molecule has 0 heterocycles. The highest BCUT2D eigenvalue weighted by molar-refractivity contribution is 5.83. The van der Waals surface area contributed by atoms with Crippen LogP contribution >= 0.6 is 0 Å². The molecule has 0 amide bonds. The van der Waals surface area contributed by atoms with Crippen molar-refractivity contribution in [2.75, 3.05) is 0 Å². The van der Waals surface area contributed by atoms with E-state index in [2.05, 4.69) is 19.0 Å². The Bertz CT molecular complexity index is 99.4. The van der Waals surface area contributed by atoms with Crippen LogP contribution in [0, 0.1) is 0 Å². The Hall–Kier alpha value is -0.530. The van der Waals surface area contributed by atoms with Gasteiger partial charge in [0.15, 0.2) is 0 Å². The third-order valence-electron chi connectivity index (χ3n) is 1.50. The molecular weight excluding hydrogens is 126 g/mol. The molecule has 0 rings (SSSR count). The van der Waals surface area contributed by atoms with Gasteiger partial charge in [0, 0.05) is 0 Å². The Kier molecular flexibility index (Phi) is 6.24. The number of rotatable bonds is 5. The molecule has 0 saturated heterocycles. The van der Waals surface area contributed by atoms with Gasteiger partial charge in [-0.2, -0.15) is 0 Å². The monoisotopic (exact) mass is 143 g/mol. The van der Waals surface area contributed by atoms with Crippen molar-refractivity contribution in [3.8, 4) is 0 Å². The van der Waals surface area contributed by atoms with Gasteiger partial charge < -0.3 is 5.21 Å². The second-order valence-corrected chi connectivity index (χ2v) is 2.52. The number of nitrogens with zero attached hydrogens (tertiary/aromatic N) is 1. The van der Waals surface area contributed by atoms with E-state index in [1.165, 1.54) is 6.42 Å². The molecule has 1 N–H and O–H groups in total. The van der Waals surface area contributed by atoms with Crippen molar-refractivity contribution < 1.29 is 5.21 Å². The lowest BCUT2D eigenvalue weighted by Gasteiger charge is -1.99. The van der Waals surface area contributed by atoms with Gasteiger partial charge in [-0.15, -0.1) is 0 Å². The molecule has 0 aliphatic carbocycles. The van der Waals surface area contributed by atoms with E-state index in [0.717, 1.165) is 31.4 Å². The van der Waals surface area contributed by atoms with Crippen LogP contribution in [0.25, 0.3) is 0 Å². The maximum Gasteiger partial charge on any atom is 0.0570 e. The van der Waals surface area contributed by atoms with Crippen LogP contribution < -0.4 is 0 Å². The van der Waals surface area contributed by atoms with E-state index in [0.29, 0.717) is 0 Å². The summed E-state index contributed by atoms with van der Waals surface area (Å²) in [4.78, 5) is 0. The molecule has 0 aromatic carbocycles. The Balaban J connectivity index is 3.41. The fourth-order valence-electron chi connectivity index (χ4n) is 0.894. The summed E-state index contributed by atoms with van der Waals surface area (Å²) in [5.74, 6) is 0. The molecule has 2 nitrogen and oxygen atoms in total. The summed E-state index contributed by atoms with van der Waals surface area (Å²) in [6, 6.07) is 0. The molecule has 0 unspecified atom stereocenters. The fourth-order valence-corrected chi connectivity index (χ4v) is 0.894. The molecule has 0 aliphatic heterocycles. The normalized spacial score (nSPS) is 12.0. The molecular formula is C8H17NO. The molecule has 0 radical (unpaired) electrons. The highest BCUT2D eigenvalue weighted by atomic mass is 16.4. The number of oxime groups is 1. The highest BCUT2D eigenvalue weighted by Gasteiger charge is 1.96. The van der Waals surface area contributed by atoms with E-state index in [1.54, 1.807) is 0 Å². The van der Waals surface area contributed by atoms with Crippen LogP contribution in [0.1, 0.15) is 46.0 Å². The molecule has 0 aliphatic rings. The van der Waals surface area contributed by atoms with Crippen LogP contribution in [-0.4, -0.2) is 10.9 Å². The maximum absolute atomic E-state index is 8.47. The van der Waals surface area contributed by atoms with Gasteiger partial charge in [-0.3, -0.25) is 0 Å². The lowest BCUT2D eigenvalue weighted by molar-refractivity contribution is 0.316. The molecule has 2 heteroatoms. The minimum absolute atomic E-state index is 0.941. The molecule has 0 fully saturated rings. The molecule has 60 valence electrons. The summed E-state index contributed by atoms with van der Waals surface area (Å²) in [7, 11) is 0. The fraction of sp³-hybridized carbons (Fsp3) is 0.875. The van der Waals surface area contributed by atoms with Crippen LogP contribution in [0.2, 0.25) is 0 Å². The van der Waals surface area contributed by atoms with Crippen molar-refractivity contribution in [3.63, 3.8) is 0 Å². The zero-order chi connectivity index (χ0) is 7.82. The van der Waals surface area contributed by atoms with Crippen LogP contribution in [0.3, 0.4) is 0 Å². The summed E-state index contributed by atoms with van der Waals surface area (Å²) >= 11 is 0. The summed E-state index contributed by atoms with van der Waals surface area (Å²) < 4.78 is 0. The topological polar surface area (TPSA) is 32.6 Å². The third kappa shape index (κ3) is 4.36. The van der Waals surface area contributed by atoms with Gasteiger partial charge in [0.05, 0.1) is 5.71 Å². The van der Waals surface area contributed by atoms with E-state index < -0.39 is 0 Å². The molecule has 0 aromatic rings. The number of unbranched alkanes of at least 4 members (excludes halogenated alkanes) is 1. The van der Waals surface area contributed by atoms with Crippen LogP contribution in [-0.2, 0) is 0 Å². The molecule has 0 atom stereocenters. The zero-order valence-electron chi connectivity index (χ0n) is 6.93. The Morgan fingerprint density at radius 1 is 1.20 bits per heavy atom. The van der Waals surface area contributed by atoms with E-state index >= 15 is 0 Å². The van der Waals surface area contributed by atoms with E-state index in [-0.39, 0.29) is 0 Å². The first-order valence-electron chi connectivity index (χ1n) is 4.04. The minimum Gasteiger partial charge on any atom is -0.411 e. The van der Waals surface area contributed by atoms with E-state index in [1.807, 2.05) is 0 Å². The van der Waals surface area contributed by atoms with Crippen molar-refractivity contribution in [2.45, 2.75) is 46.0 Å². The van der Waals surface area contributed by atoms with Gasteiger partial charge in [-0.25, -0.2) is 0 Å². The zero-order valence-corrected chi connectivity index (χ0v) is 6.93. The van der Waals surface area contributed by atoms with Crippen molar-refractivity contribution in [1.82, 2.24) is 0 Å². The predicted octanol–water partition coefficient (Wildman–Crippen LogP) is 2.81. The minimum atomic E-state index is 0.941. The van der Waals surface area contributed by atoms with Gasteiger partial charge in [0.1, 0.15) is 0 Å². The lowest BCUT2D eigenvalue weighted by atomic mass is 10.1. The molecule has 0 saturated carbocycles. The van der Waals surface area contributed by atoms with E-state index in [9.17, 15) is 0 Å². The van der Waals surface area contributed by atoms with Crippen molar-refractivity contribution in [2.24, 2.45) is 5.16 Å². The average Bonchev–Trinajstić information content (AvgIpc) is 1.98. The molecule has 0 spiro atoms. The van der Waals surface area contributed by atoms with Crippen molar-refractivity contribution >= 4 is 5.71 Å². The second kappa shape index (κ2) is 6.59. The highest BCUT2D eigenvalue weighted by Crippen LogP contribution is 2.02. The van der Waals surface area contributed by atoms with Gasteiger partial charge in [-0.05, 0) is 19.3 Å². The van der Waals surface area contributed by atoms with Gasteiger partial charge in [0.25, 0.3) is 0 Å².